The maximum Gasteiger partial charge on any atom is 0.234 e. The number of aromatic nitrogens is 3. The molecule has 0 saturated heterocycles. The molecule has 1 aliphatic rings. The number of imidazole rings is 1. The molecule has 2 heterocycles. The predicted octanol–water partition coefficient (Wildman–Crippen LogP) is 1.33. The summed E-state index contributed by atoms with van der Waals surface area (Å²) in [4.78, 5) is 8.46. The molecule has 0 amide bonds. The minimum atomic E-state index is -0.208. The summed E-state index contributed by atoms with van der Waals surface area (Å²) in [6.45, 7) is 0. The number of hydrogen-bond acceptors (Lipinski definition) is 3. The lowest BCUT2D eigenvalue weighted by atomic mass is 10.2. The van der Waals surface area contributed by atoms with Gasteiger partial charge in [-0.1, -0.05) is 11.6 Å². The molecule has 0 aliphatic heterocycles. The van der Waals surface area contributed by atoms with E-state index in [9.17, 15) is 0 Å². The summed E-state index contributed by atoms with van der Waals surface area (Å²) in [5, 5.41) is 0.600. The van der Waals surface area contributed by atoms with Crippen molar-refractivity contribution in [3.8, 4) is 0 Å². The Hall–Kier alpha value is -1.13. The van der Waals surface area contributed by atoms with Crippen molar-refractivity contribution in [1.82, 2.24) is 14.4 Å². The van der Waals surface area contributed by atoms with Crippen LogP contribution in [0.5, 0.6) is 0 Å². The summed E-state index contributed by atoms with van der Waals surface area (Å²) in [5.74, 6) is 0.654. The minimum absolute atomic E-state index is 0.208. The van der Waals surface area contributed by atoms with Crippen molar-refractivity contribution >= 4 is 17.4 Å². The van der Waals surface area contributed by atoms with Gasteiger partial charge in [-0.3, -0.25) is 4.40 Å². The third kappa shape index (κ3) is 1.11. The highest BCUT2D eigenvalue weighted by Gasteiger charge is 2.42. The molecule has 3 rings (SSSR count). The van der Waals surface area contributed by atoms with Crippen molar-refractivity contribution < 1.29 is 0 Å². The summed E-state index contributed by atoms with van der Waals surface area (Å²) < 4.78 is 1.81. The van der Waals surface area contributed by atoms with Gasteiger partial charge in [-0.15, -0.1) is 0 Å². The first-order chi connectivity index (χ1) is 6.67. The summed E-state index contributed by atoms with van der Waals surface area (Å²) in [7, 11) is 0. The van der Waals surface area contributed by atoms with E-state index in [0.717, 1.165) is 18.5 Å². The van der Waals surface area contributed by atoms with E-state index in [0.29, 0.717) is 10.8 Å². The van der Waals surface area contributed by atoms with E-state index in [2.05, 4.69) is 9.97 Å². The topological polar surface area (TPSA) is 56.2 Å². The smallest absolute Gasteiger partial charge is 0.234 e. The molecule has 0 aromatic carbocycles. The second-order valence-corrected chi connectivity index (χ2v) is 4.20. The fourth-order valence-electron chi connectivity index (χ4n) is 1.49. The highest BCUT2D eigenvalue weighted by molar-refractivity contribution is 6.30. The Labute approximate surface area is 85.7 Å². The largest absolute Gasteiger partial charge is 0.320 e. The van der Waals surface area contributed by atoms with Gasteiger partial charge in [0.1, 0.15) is 0 Å². The second-order valence-electron chi connectivity index (χ2n) is 3.76. The maximum absolute atomic E-state index is 6.03. The highest BCUT2D eigenvalue weighted by Crippen LogP contribution is 2.41. The zero-order valence-corrected chi connectivity index (χ0v) is 8.20. The van der Waals surface area contributed by atoms with Gasteiger partial charge >= 0.3 is 0 Å². The van der Waals surface area contributed by atoms with Crippen LogP contribution in [-0.4, -0.2) is 14.4 Å². The molecule has 0 radical (unpaired) electrons. The van der Waals surface area contributed by atoms with Gasteiger partial charge in [-0.05, 0) is 12.8 Å². The molecule has 0 atom stereocenters. The quantitative estimate of drug-likeness (QED) is 0.769. The zero-order chi connectivity index (χ0) is 9.76. The Balaban J connectivity index is 2.20. The number of rotatable bonds is 1. The molecule has 2 aromatic heterocycles. The Morgan fingerprint density at radius 2 is 2.21 bits per heavy atom. The molecule has 1 aliphatic carbocycles. The van der Waals surface area contributed by atoms with Crippen LogP contribution in [0.3, 0.4) is 0 Å². The molecule has 0 unspecified atom stereocenters. The van der Waals surface area contributed by atoms with E-state index in [-0.39, 0.29) is 5.54 Å². The molecule has 14 heavy (non-hydrogen) atoms. The fourth-order valence-corrected chi connectivity index (χ4v) is 1.64. The van der Waals surface area contributed by atoms with E-state index in [4.69, 9.17) is 17.3 Å². The SMILES string of the molecule is NC1(c2cn3cc(Cl)cnc3n2)CC1. The van der Waals surface area contributed by atoms with Crippen molar-refractivity contribution in [2.45, 2.75) is 18.4 Å². The van der Waals surface area contributed by atoms with Gasteiger partial charge < -0.3 is 5.73 Å². The number of fused-ring (bicyclic) bond motifs is 1. The van der Waals surface area contributed by atoms with Gasteiger partial charge in [0.05, 0.1) is 22.5 Å². The number of nitrogens with zero attached hydrogens (tertiary/aromatic N) is 3. The Morgan fingerprint density at radius 1 is 1.43 bits per heavy atom. The van der Waals surface area contributed by atoms with Gasteiger partial charge in [-0.2, -0.15) is 0 Å². The van der Waals surface area contributed by atoms with Crippen molar-refractivity contribution in [2.24, 2.45) is 5.73 Å². The summed E-state index contributed by atoms with van der Waals surface area (Å²) in [6.07, 6.45) is 7.28. The monoisotopic (exact) mass is 208 g/mol. The predicted molar refractivity (Wildman–Crippen MR) is 53.1 cm³/mol. The average molecular weight is 209 g/mol. The maximum atomic E-state index is 6.03. The van der Waals surface area contributed by atoms with Gasteiger partial charge in [0.2, 0.25) is 5.78 Å². The van der Waals surface area contributed by atoms with E-state index >= 15 is 0 Å². The van der Waals surface area contributed by atoms with Gasteiger partial charge in [0.15, 0.2) is 0 Å². The average Bonchev–Trinajstić information content (AvgIpc) is 2.77. The highest BCUT2D eigenvalue weighted by atomic mass is 35.5. The van der Waals surface area contributed by atoms with E-state index < -0.39 is 0 Å². The first-order valence-corrected chi connectivity index (χ1v) is 4.85. The summed E-state index contributed by atoms with van der Waals surface area (Å²) in [6, 6.07) is 0. The number of hydrogen-bond donors (Lipinski definition) is 1. The van der Waals surface area contributed by atoms with Crippen LogP contribution < -0.4 is 5.73 Å². The zero-order valence-electron chi connectivity index (χ0n) is 7.44. The van der Waals surface area contributed by atoms with Crippen LogP contribution in [0, 0.1) is 0 Å². The minimum Gasteiger partial charge on any atom is -0.320 e. The molecule has 1 saturated carbocycles. The van der Waals surface area contributed by atoms with Crippen LogP contribution >= 0.6 is 11.6 Å². The van der Waals surface area contributed by atoms with Crippen molar-refractivity contribution in [3.05, 3.63) is 29.3 Å². The lowest BCUT2D eigenvalue weighted by Crippen LogP contribution is -2.18. The third-order valence-electron chi connectivity index (χ3n) is 2.58. The Bertz CT molecular complexity index is 500. The molecule has 4 nitrogen and oxygen atoms in total. The van der Waals surface area contributed by atoms with E-state index in [1.807, 2.05) is 10.6 Å². The van der Waals surface area contributed by atoms with E-state index in [1.165, 1.54) is 0 Å². The van der Waals surface area contributed by atoms with Crippen LogP contribution in [-0.2, 0) is 5.54 Å². The van der Waals surface area contributed by atoms with Crippen molar-refractivity contribution in [1.29, 1.82) is 0 Å². The Kier molecular flexibility index (Phi) is 1.44. The summed E-state index contributed by atoms with van der Waals surface area (Å²) in [5.41, 5.74) is 6.73. The molecule has 0 spiro atoms. The van der Waals surface area contributed by atoms with Crippen LogP contribution in [0.25, 0.3) is 5.78 Å². The van der Waals surface area contributed by atoms with Crippen LogP contribution in [0.2, 0.25) is 5.02 Å². The Morgan fingerprint density at radius 3 is 2.93 bits per heavy atom. The van der Waals surface area contributed by atoms with Crippen LogP contribution in [0.4, 0.5) is 0 Å². The molecule has 72 valence electrons. The standard InChI is InChI=1S/C9H9ClN4/c10-6-3-12-8-13-7(5-14(8)4-6)9(11)1-2-9/h3-5H,1-2,11H2. The fraction of sp³-hybridized carbons (Fsp3) is 0.333. The van der Waals surface area contributed by atoms with Gasteiger partial charge in [0, 0.05) is 12.4 Å². The first-order valence-electron chi connectivity index (χ1n) is 4.47. The molecular formula is C9H9ClN4. The van der Waals surface area contributed by atoms with Gasteiger partial charge in [-0.25, -0.2) is 9.97 Å². The number of halogens is 1. The lowest BCUT2D eigenvalue weighted by Gasteiger charge is -2.00. The lowest BCUT2D eigenvalue weighted by molar-refractivity contribution is 0.715. The first kappa shape index (κ1) is 8.20. The molecular weight excluding hydrogens is 200 g/mol. The third-order valence-corrected chi connectivity index (χ3v) is 2.77. The summed E-state index contributed by atoms with van der Waals surface area (Å²) >= 11 is 5.82. The second kappa shape index (κ2) is 2.46. The molecule has 5 heteroatoms. The van der Waals surface area contributed by atoms with Crippen LogP contribution in [0.15, 0.2) is 18.6 Å². The molecule has 2 aromatic rings. The van der Waals surface area contributed by atoms with Crippen molar-refractivity contribution in [2.75, 3.05) is 0 Å². The van der Waals surface area contributed by atoms with Gasteiger partial charge in [0.25, 0.3) is 0 Å². The molecule has 1 fully saturated rings. The van der Waals surface area contributed by atoms with E-state index in [1.54, 1.807) is 12.4 Å². The van der Waals surface area contributed by atoms with Crippen LogP contribution in [0.1, 0.15) is 18.5 Å². The number of nitrogens with two attached hydrogens (primary N) is 1. The molecule has 2 N–H and O–H groups in total. The normalized spacial score (nSPS) is 18.7. The molecule has 0 bridgehead atoms. The van der Waals surface area contributed by atoms with Crippen molar-refractivity contribution in [3.63, 3.8) is 0 Å².